The fourth-order valence-electron chi connectivity index (χ4n) is 6.29. The van der Waals surface area contributed by atoms with E-state index >= 15 is 8.78 Å². The van der Waals surface area contributed by atoms with Crippen LogP contribution in [-0.2, 0) is 5.41 Å². The summed E-state index contributed by atoms with van der Waals surface area (Å²) in [5.74, 6) is -2.09. The number of benzene rings is 6. The Balaban J connectivity index is 1.36. The van der Waals surface area contributed by atoms with Crippen LogP contribution in [0.2, 0.25) is 0 Å². The highest BCUT2D eigenvalue weighted by Gasteiger charge is 2.46. The van der Waals surface area contributed by atoms with Crippen molar-refractivity contribution < 1.29 is 18.4 Å². The average Bonchev–Trinajstić information content (AvgIpc) is 3.38. The number of carbonyl (C=O) groups excluding carboxylic acids is 2. The highest BCUT2D eigenvalue weighted by molar-refractivity contribution is 6.05. The number of hydrogen-bond donors (Lipinski definition) is 2. The van der Waals surface area contributed by atoms with Crippen molar-refractivity contribution >= 4 is 23.2 Å². The zero-order valence-electron chi connectivity index (χ0n) is 23.9. The molecule has 0 fully saturated rings. The molecule has 0 saturated carbocycles. The van der Waals surface area contributed by atoms with Crippen LogP contribution in [0.15, 0.2) is 146 Å². The summed E-state index contributed by atoms with van der Waals surface area (Å²) in [5.41, 5.74) is 4.58. The number of rotatable bonds is 6. The molecule has 4 nitrogen and oxygen atoms in total. The quantitative estimate of drug-likeness (QED) is 0.203. The van der Waals surface area contributed by atoms with Gasteiger partial charge in [-0.25, -0.2) is 8.78 Å². The van der Waals surface area contributed by atoms with Gasteiger partial charge in [0.1, 0.15) is 11.6 Å². The van der Waals surface area contributed by atoms with Gasteiger partial charge in [0, 0.05) is 11.1 Å². The van der Waals surface area contributed by atoms with Crippen LogP contribution in [0.25, 0.3) is 11.1 Å². The predicted octanol–water partition coefficient (Wildman–Crippen LogP) is 8.83. The van der Waals surface area contributed by atoms with E-state index in [0.29, 0.717) is 22.3 Å². The summed E-state index contributed by atoms with van der Waals surface area (Å²) in [6, 6.07) is 42.3. The van der Waals surface area contributed by atoms with E-state index in [-0.39, 0.29) is 11.4 Å². The predicted molar refractivity (Wildman–Crippen MR) is 172 cm³/mol. The van der Waals surface area contributed by atoms with Gasteiger partial charge in [-0.1, -0.05) is 97.1 Å². The number of fused-ring (bicyclic) bond motifs is 3. The van der Waals surface area contributed by atoms with Crippen molar-refractivity contribution in [3.63, 3.8) is 0 Å². The standard InChI is InChI=1S/C39H26F2N2O2/c40-33-23-27(19-21-35(33)42-37(44)25-11-3-1-4-12-25)39(31-17-9-7-15-29(31)30-16-8-10-18-32(30)39)28-20-22-36(34(41)24-28)43-38(45)26-13-5-2-6-14-26/h1-24H,(H,42,44)(H,43,45). The molecular formula is C39H26F2N2O2. The van der Waals surface area contributed by atoms with Crippen LogP contribution in [0.3, 0.4) is 0 Å². The molecule has 6 aromatic carbocycles. The maximum atomic E-state index is 15.9. The van der Waals surface area contributed by atoms with Crippen molar-refractivity contribution in [1.82, 2.24) is 0 Å². The molecule has 0 atom stereocenters. The number of amides is 2. The normalized spacial score (nSPS) is 12.6. The van der Waals surface area contributed by atoms with Crippen LogP contribution in [0.1, 0.15) is 43.0 Å². The summed E-state index contributed by atoms with van der Waals surface area (Å²) in [6.45, 7) is 0. The lowest BCUT2D eigenvalue weighted by Crippen LogP contribution is -2.29. The highest BCUT2D eigenvalue weighted by Crippen LogP contribution is 2.56. The van der Waals surface area contributed by atoms with Gasteiger partial charge in [-0.15, -0.1) is 0 Å². The molecule has 0 radical (unpaired) electrons. The van der Waals surface area contributed by atoms with Crippen molar-refractivity contribution in [1.29, 1.82) is 0 Å². The van der Waals surface area contributed by atoms with Gasteiger partial charge in [-0.3, -0.25) is 9.59 Å². The van der Waals surface area contributed by atoms with Gasteiger partial charge in [0.25, 0.3) is 11.8 Å². The largest absolute Gasteiger partial charge is 0.319 e. The van der Waals surface area contributed by atoms with E-state index in [1.54, 1.807) is 84.9 Å². The van der Waals surface area contributed by atoms with E-state index in [1.807, 2.05) is 48.5 Å². The van der Waals surface area contributed by atoms with Crippen LogP contribution in [0.5, 0.6) is 0 Å². The molecular weight excluding hydrogens is 566 g/mol. The van der Waals surface area contributed by atoms with E-state index < -0.39 is 28.9 Å². The number of hydrogen-bond acceptors (Lipinski definition) is 2. The molecule has 7 rings (SSSR count). The van der Waals surface area contributed by atoms with Crippen LogP contribution in [0.4, 0.5) is 20.2 Å². The first-order valence-corrected chi connectivity index (χ1v) is 14.5. The Morgan fingerprint density at radius 2 is 0.844 bits per heavy atom. The average molecular weight is 593 g/mol. The van der Waals surface area contributed by atoms with E-state index in [2.05, 4.69) is 10.6 Å². The molecule has 6 aromatic rings. The van der Waals surface area contributed by atoms with E-state index in [1.165, 1.54) is 12.1 Å². The van der Waals surface area contributed by atoms with E-state index in [4.69, 9.17) is 0 Å². The number of anilines is 2. The fraction of sp³-hybridized carbons (Fsp3) is 0.0256. The summed E-state index contributed by atoms with van der Waals surface area (Å²) < 4.78 is 31.9. The molecule has 45 heavy (non-hydrogen) atoms. The monoisotopic (exact) mass is 592 g/mol. The molecule has 0 unspecified atom stereocenters. The third kappa shape index (κ3) is 4.77. The topological polar surface area (TPSA) is 58.2 Å². The van der Waals surface area contributed by atoms with Crippen LogP contribution >= 0.6 is 0 Å². The molecule has 218 valence electrons. The third-order valence-electron chi connectivity index (χ3n) is 8.32. The second-order valence-corrected chi connectivity index (χ2v) is 10.9. The molecule has 0 heterocycles. The zero-order valence-corrected chi connectivity index (χ0v) is 23.9. The Bertz CT molecular complexity index is 1930. The highest BCUT2D eigenvalue weighted by atomic mass is 19.1. The lowest BCUT2D eigenvalue weighted by atomic mass is 9.67. The molecule has 2 N–H and O–H groups in total. The molecule has 6 heteroatoms. The van der Waals surface area contributed by atoms with Crippen LogP contribution in [0, 0.1) is 11.6 Å². The Hall–Kier alpha value is -5.88. The second-order valence-electron chi connectivity index (χ2n) is 10.9. The van der Waals surface area contributed by atoms with Crippen molar-refractivity contribution in [2.45, 2.75) is 5.41 Å². The second kappa shape index (κ2) is 11.3. The minimum atomic E-state index is -1.08. The Morgan fingerprint density at radius 1 is 0.467 bits per heavy atom. The zero-order chi connectivity index (χ0) is 31.0. The summed E-state index contributed by atoms with van der Waals surface area (Å²) >= 11 is 0. The van der Waals surface area contributed by atoms with Gasteiger partial charge in [0.05, 0.1) is 16.8 Å². The molecule has 1 aliphatic rings. The van der Waals surface area contributed by atoms with Crippen molar-refractivity contribution in [3.05, 3.63) is 191 Å². The van der Waals surface area contributed by atoms with Gasteiger partial charge in [-0.2, -0.15) is 0 Å². The van der Waals surface area contributed by atoms with Gasteiger partial charge >= 0.3 is 0 Å². The third-order valence-corrected chi connectivity index (χ3v) is 8.32. The van der Waals surface area contributed by atoms with E-state index in [0.717, 1.165) is 22.3 Å². The lowest BCUT2D eigenvalue weighted by Gasteiger charge is -2.34. The summed E-state index contributed by atoms with van der Waals surface area (Å²) in [5, 5.41) is 5.34. The first-order valence-electron chi connectivity index (χ1n) is 14.5. The summed E-state index contributed by atoms with van der Waals surface area (Å²) in [4.78, 5) is 25.6. The van der Waals surface area contributed by atoms with Gasteiger partial charge in [0.2, 0.25) is 0 Å². The smallest absolute Gasteiger partial charge is 0.255 e. The van der Waals surface area contributed by atoms with Gasteiger partial charge < -0.3 is 10.6 Å². The summed E-state index contributed by atoms with van der Waals surface area (Å²) in [7, 11) is 0. The molecule has 2 amide bonds. The van der Waals surface area contributed by atoms with Crippen LogP contribution < -0.4 is 10.6 Å². The van der Waals surface area contributed by atoms with Crippen molar-refractivity contribution in [3.8, 4) is 11.1 Å². The lowest BCUT2D eigenvalue weighted by molar-refractivity contribution is 0.101. The van der Waals surface area contributed by atoms with E-state index in [9.17, 15) is 9.59 Å². The Kier molecular flexibility index (Phi) is 7.02. The fourth-order valence-corrected chi connectivity index (χ4v) is 6.29. The maximum absolute atomic E-state index is 15.9. The van der Waals surface area contributed by atoms with Crippen molar-refractivity contribution in [2.24, 2.45) is 0 Å². The first kappa shape index (κ1) is 27.9. The minimum Gasteiger partial charge on any atom is -0.319 e. The molecule has 0 spiro atoms. The van der Waals surface area contributed by atoms with Crippen molar-refractivity contribution in [2.75, 3.05) is 10.6 Å². The van der Waals surface area contributed by atoms with Crippen LogP contribution in [-0.4, -0.2) is 11.8 Å². The van der Waals surface area contributed by atoms with Gasteiger partial charge in [-0.05, 0) is 81.9 Å². The molecule has 1 aliphatic carbocycles. The number of halogens is 2. The molecule has 0 aromatic heterocycles. The number of nitrogens with one attached hydrogen (secondary N) is 2. The van der Waals surface area contributed by atoms with Gasteiger partial charge in [0.15, 0.2) is 0 Å². The SMILES string of the molecule is O=C(Nc1ccc(C2(c3ccc(NC(=O)c4ccccc4)c(F)c3)c3ccccc3-c3ccccc32)cc1F)c1ccccc1. The molecule has 0 saturated heterocycles. The Labute approximate surface area is 259 Å². The molecule has 0 bridgehead atoms. The first-order chi connectivity index (χ1) is 22.0. The maximum Gasteiger partial charge on any atom is 0.255 e. The summed E-state index contributed by atoms with van der Waals surface area (Å²) in [6.07, 6.45) is 0. The minimum absolute atomic E-state index is 0.0347. The Morgan fingerprint density at radius 3 is 1.24 bits per heavy atom. The molecule has 0 aliphatic heterocycles. The number of carbonyl (C=O) groups is 2.